The standard InChI is InChI=1S/C8H6Cl3NO3S/c9-6(10)8(14)15-12-5(7(11)13)4-1-2-16-3-4/h1-3,5-6,12H. The van der Waals surface area contributed by atoms with Gasteiger partial charge in [0.1, 0.15) is 6.04 Å². The number of hydrogen-bond acceptors (Lipinski definition) is 5. The molecule has 1 N–H and O–H groups in total. The molecule has 0 saturated carbocycles. The zero-order valence-corrected chi connectivity index (χ0v) is 10.7. The van der Waals surface area contributed by atoms with Crippen molar-refractivity contribution in [3.8, 4) is 0 Å². The lowest BCUT2D eigenvalue weighted by Gasteiger charge is -2.12. The molecule has 0 aliphatic carbocycles. The molecule has 16 heavy (non-hydrogen) atoms. The Hall–Kier alpha value is -0.330. The van der Waals surface area contributed by atoms with Crippen LogP contribution in [0.15, 0.2) is 16.8 Å². The van der Waals surface area contributed by atoms with Crippen molar-refractivity contribution >= 4 is 57.4 Å². The van der Waals surface area contributed by atoms with E-state index in [1.165, 1.54) is 11.3 Å². The highest BCUT2D eigenvalue weighted by atomic mass is 35.5. The highest BCUT2D eigenvalue weighted by Crippen LogP contribution is 2.19. The minimum atomic E-state index is -1.32. The van der Waals surface area contributed by atoms with E-state index in [-0.39, 0.29) is 0 Å². The SMILES string of the molecule is O=C(ONC(C(=O)Cl)c1ccsc1)C(Cl)Cl. The fraction of sp³-hybridized carbons (Fsp3) is 0.250. The first-order valence-electron chi connectivity index (χ1n) is 3.98. The number of carbonyl (C=O) groups excluding carboxylic acids is 2. The molecule has 1 heterocycles. The number of halogens is 3. The Kier molecular flexibility index (Phi) is 5.51. The van der Waals surface area contributed by atoms with Crippen LogP contribution >= 0.6 is 46.1 Å². The van der Waals surface area contributed by atoms with Gasteiger partial charge in [0, 0.05) is 0 Å². The molecule has 1 unspecified atom stereocenters. The van der Waals surface area contributed by atoms with Gasteiger partial charge in [-0.15, -0.1) is 5.48 Å². The summed E-state index contributed by atoms with van der Waals surface area (Å²) in [5.41, 5.74) is 2.81. The van der Waals surface area contributed by atoms with Gasteiger partial charge in [0.15, 0.2) is 0 Å². The van der Waals surface area contributed by atoms with Gasteiger partial charge in [-0.3, -0.25) is 4.79 Å². The number of rotatable bonds is 5. The third kappa shape index (κ3) is 3.92. The Bertz CT molecular complexity index is 369. The maximum absolute atomic E-state index is 11.1. The number of nitrogens with one attached hydrogen (secondary N) is 1. The monoisotopic (exact) mass is 301 g/mol. The van der Waals surface area contributed by atoms with Crippen LogP contribution < -0.4 is 5.48 Å². The van der Waals surface area contributed by atoms with Crippen molar-refractivity contribution in [1.82, 2.24) is 5.48 Å². The van der Waals surface area contributed by atoms with Crippen LogP contribution in [-0.2, 0) is 14.4 Å². The molecule has 1 rings (SSSR count). The van der Waals surface area contributed by atoms with Crippen LogP contribution in [0.5, 0.6) is 0 Å². The molecule has 8 heteroatoms. The molecule has 1 aromatic heterocycles. The molecule has 0 fully saturated rings. The lowest BCUT2D eigenvalue weighted by atomic mass is 10.2. The molecule has 0 aliphatic heterocycles. The minimum Gasteiger partial charge on any atom is -0.367 e. The van der Waals surface area contributed by atoms with Crippen LogP contribution in [-0.4, -0.2) is 16.0 Å². The molecule has 1 aromatic rings. The smallest absolute Gasteiger partial charge is 0.358 e. The van der Waals surface area contributed by atoms with E-state index in [0.29, 0.717) is 5.56 Å². The molecule has 0 aromatic carbocycles. The molecule has 0 radical (unpaired) electrons. The van der Waals surface area contributed by atoms with Crippen LogP contribution in [0, 0.1) is 0 Å². The zero-order valence-electron chi connectivity index (χ0n) is 7.65. The van der Waals surface area contributed by atoms with E-state index in [1.54, 1.807) is 16.8 Å². The first kappa shape index (κ1) is 13.7. The van der Waals surface area contributed by atoms with Gasteiger partial charge in [0.25, 0.3) is 0 Å². The summed E-state index contributed by atoms with van der Waals surface area (Å²) in [5.74, 6) is -0.901. The van der Waals surface area contributed by atoms with Crippen LogP contribution in [0.3, 0.4) is 0 Å². The molecule has 0 bridgehead atoms. The van der Waals surface area contributed by atoms with Crippen molar-refractivity contribution in [2.45, 2.75) is 10.9 Å². The summed E-state index contributed by atoms with van der Waals surface area (Å²) in [6, 6.07) is 0.749. The fourth-order valence-corrected chi connectivity index (χ4v) is 1.79. The molecule has 0 spiro atoms. The average Bonchev–Trinajstić information content (AvgIpc) is 2.70. The largest absolute Gasteiger partial charge is 0.367 e. The Labute approximate surface area is 110 Å². The zero-order chi connectivity index (χ0) is 12.1. The molecule has 88 valence electrons. The molecule has 0 saturated heterocycles. The van der Waals surface area contributed by atoms with E-state index in [4.69, 9.17) is 34.8 Å². The summed E-state index contributed by atoms with van der Waals surface area (Å²) in [4.78, 5) is 25.2. The summed E-state index contributed by atoms with van der Waals surface area (Å²) in [6.07, 6.45) is 0. The number of carbonyl (C=O) groups is 2. The van der Waals surface area contributed by atoms with Gasteiger partial charge in [-0.05, 0) is 34.0 Å². The van der Waals surface area contributed by atoms with Crippen LogP contribution in [0.4, 0.5) is 0 Å². The Morgan fingerprint density at radius 1 is 1.44 bits per heavy atom. The molecule has 4 nitrogen and oxygen atoms in total. The van der Waals surface area contributed by atoms with Crippen molar-refractivity contribution in [1.29, 1.82) is 0 Å². The second kappa shape index (κ2) is 6.42. The summed E-state index contributed by atoms with van der Waals surface area (Å²) < 4.78 is 0. The minimum absolute atomic E-state index is 0.596. The van der Waals surface area contributed by atoms with E-state index in [1.807, 2.05) is 0 Å². The van der Waals surface area contributed by atoms with Gasteiger partial charge in [-0.2, -0.15) is 11.3 Å². The van der Waals surface area contributed by atoms with E-state index < -0.39 is 22.1 Å². The molecular formula is C8H6Cl3NO3S. The van der Waals surface area contributed by atoms with Gasteiger partial charge >= 0.3 is 5.97 Å². The van der Waals surface area contributed by atoms with Crippen molar-refractivity contribution in [3.63, 3.8) is 0 Å². The second-order valence-electron chi connectivity index (χ2n) is 2.63. The topological polar surface area (TPSA) is 55.4 Å². The predicted octanol–water partition coefficient (Wildman–Crippen LogP) is 2.41. The first-order valence-corrected chi connectivity index (χ1v) is 6.17. The van der Waals surface area contributed by atoms with Gasteiger partial charge in [0.05, 0.1) is 0 Å². The lowest BCUT2D eigenvalue weighted by molar-refractivity contribution is -0.151. The van der Waals surface area contributed by atoms with E-state index in [0.717, 1.165) is 0 Å². The molecular weight excluding hydrogens is 297 g/mol. The number of hydrogen-bond donors (Lipinski definition) is 1. The Morgan fingerprint density at radius 3 is 2.56 bits per heavy atom. The second-order valence-corrected chi connectivity index (χ2v) is 4.88. The lowest BCUT2D eigenvalue weighted by Crippen LogP contribution is -2.30. The van der Waals surface area contributed by atoms with Crippen molar-refractivity contribution in [2.24, 2.45) is 0 Å². The van der Waals surface area contributed by atoms with E-state index >= 15 is 0 Å². The first-order chi connectivity index (χ1) is 7.52. The summed E-state index contributed by atoms with van der Waals surface area (Å²) in [7, 11) is 0. The maximum Gasteiger partial charge on any atom is 0.358 e. The predicted molar refractivity (Wildman–Crippen MR) is 62.6 cm³/mol. The Morgan fingerprint density at radius 2 is 2.12 bits per heavy atom. The average molecular weight is 303 g/mol. The maximum atomic E-state index is 11.1. The number of hydroxylamine groups is 1. The molecule has 0 aliphatic rings. The van der Waals surface area contributed by atoms with Crippen LogP contribution in [0.1, 0.15) is 11.6 Å². The third-order valence-electron chi connectivity index (χ3n) is 1.56. The summed E-state index contributed by atoms with van der Waals surface area (Å²) >= 11 is 17.2. The third-order valence-corrected chi connectivity index (χ3v) is 2.84. The van der Waals surface area contributed by atoms with Crippen molar-refractivity contribution < 1.29 is 14.4 Å². The summed E-state index contributed by atoms with van der Waals surface area (Å²) in [5, 5.41) is 2.76. The molecule has 1 atom stereocenters. The highest BCUT2D eigenvalue weighted by Gasteiger charge is 2.22. The Balaban J connectivity index is 2.61. The van der Waals surface area contributed by atoms with Gasteiger partial charge in [0.2, 0.25) is 10.1 Å². The van der Waals surface area contributed by atoms with Crippen molar-refractivity contribution in [3.05, 3.63) is 22.4 Å². The quantitative estimate of drug-likeness (QED) is 0.515. The normalized spacial score (nSPS) is 12.5. The van der Waals surface area contributed by atoms with E-state index in [2.05, 4.69) is 10.3 Å². The summed E-state index contributed by atoms with van der Waals surface area (Å²) in [6.45, 7) is 0. The van der Waals surface area contributed by atoms with Crippen molar-refractivity contribution in [2.75, 3.05) is 0 Å². The molecule has 0 amide bonds. The number of thiophene rings is 1. The van der Waals surface area contributed by atoms with Crippen LogP contribution in [0.25, 0.3) is 0 Å². The van der Waals surface area contributed by atoms with Gasteiger partial charge < -0.3 is 4.84 Å². The van der Waals surface area contributed by atoms with Gasteiger partial charge in [-0.1, -0.05) is 23.2 Å². The van der Waals surface area contributed by atoms with E-state index in [9.17, 15) is 9.59 Å². The van der Waals surface area contributed by atoms with Crippen LogP contribution in [0.2, 0.25) is 0 Å². The fourth-order valence-electron chi connectivity index (χ4n) is 0.846. The van der Waals surface area contributed by atoms with Gasteiger partial charge in [-0.25, -0.2) is 4.79 Å². The number of alkyl halides is 2. The highest BCUT2D eigenvalue weighted by molar-refractivity contribution is 7.08.